The summed E-state index contributed by atoms with van der Waals surface area (Å²) in [4.78, 5) is 1.18. The highest BCUT2D eigenvalue weighted by molar-refractivity contribution is 7.98. The summed E-state index contributed by atoms with van der Waals surface area (Å²) in [7, 11) is -0.600. The molecule has 6 aromatic rings. The Kier molecular flexibility index (Phi) is 11.5. The van der Waals surface area contributed by atoms with E-state index in [0.29, 0.717) is 0 Å². The largest absolute Gasteiger partial charge is 0.598 e. The molecule has 3 nitrogen and oxygen atoms in total. The maximum atomic E-state index is 13.8. The highest BCUT2D eigenvalue weighted by Gasteiger charge is 2.34. The fourth-order valence-electron chi connectivity index (χ4n) is 5.60. The van der Waals surface area contributed by atoms with Gasteiger partial charge in [0.15, 0.2) is 0 Å². The van der Waals surface area contributed by atoms with Crippen molar-refractivity contribution in [2.75, 3.05) is 6.16 Å². The van der Waals surface area contributed by atoms with Crippen LogP contribution >= 0.6 is 19.9 Å². The number of nitrogens with zero attached hydrogens (tertiary/aromatic N) is 1. The summed E-state index contributed by atoms with van der Waals surface area (Å²) in [5, 5.41) is 3.95. The van der Waals surface area contributed by atoms with Gasteiger partial charge in [0.2, 0.25) is 0 Å². The van der Waals surface area contributed by atoms with E-state index in [1.54, 1.807) is 11.9 Å². The van der Waals surface area contributed by atoms with Gasteiger partial charge in [-0.2, -0.15) is 0 Å². The summed E-state index contributed by atoms with van der Waals surface area (Å²) >= 11 is 0.483. The number of benzene rings is 5. The summed E-state index contributed by atoms with van der Waals surface area (Å²) in [6, 6.07) is 51.4. The molecule has 0 bridgehead atoms. The summed E-state index contributed by atoms with van der Waals surface area (Å²) < 4.78 is 19.4. The molecule has 0 aliphatic rings. The Bertz CT molecular complexity index is 1770. The van der Waals surface area contributed by atoms with Gasteiger partial charge in [-0.25, -0.2) is 0 Å². The number of hydrogen-bond acceptors (Lipinski definition) is 3. The Morgan fingerprint density at radius 1 is 0.717 bits per heavy atom. The third-order valence-corrected chi connectivity index (χ3v) is 13.0. The van der Waals surface area contributed by atoms with Crippen molar-refractivity contribution in [3.05, 3.63) is 162 Å². The molecule has 5 aromatic carbocycles. The monoisotopic (exact) mass is 660 g/mol. The maximum Gasteiger partial charge on any atom is 0.136 e. The van der Waals surface area contributed by atoms with Crippen LogP contribution in [0.1, 0.15) is 43.6 Å². The van der Waals surface area contributed by atoms with Crippen molar-refractivity contribution in [1.82, 2.24) is 8.69 Å². The standard InChI is InChI=1S/C39H39N2OPS2.BH3/c1-39(2,3)45(42)40-38(30-18-8-4-9-19-30)37-34-26-16-17-27-35(34)41(44-33-24-14-7-15-25-33)36(37)28-29-43(31-20-10-5-11-21-31)32-22-12-6-13-23-32;/h4-27,38,40H,28-29H2,1-3H3;1H3/t38?,45-;/m0./s1. The fraction of sp³-hybridized carbons (Fsp3) is 0.179. The molecule has 0 saturated carbocycles. The molecule has 0 aliphatic carbocycles. The molecule has 1 N–H and O–H groups in total. The van der Waals surface area contributed by atoms with Gasteiger partial charge in [0.05, 0.1) is 13.9 Å². The van der Waals surface area contributed by atoms with Crippen LogP contribution in [0.2, 0.25) is 0 Å². The molecule has 0 spiro atoms. The van der Waals surface area contributed by atoms with Gasteiger partial charge in [0, 0.05) is 32.9 Å². The molecule has 0 amide bonds. The first-order valence-electron chi connectivity index (χ1n) is 15.4. The minimum atomic E-state index is -1.28. The van der Waals surface area contributed by atoms with Gasteiger partial charge in [0.1, 0.15) is 10.8 Å². The minimum absolute atomic E-state index is 0. The molecule has 0 saturated heterocycles. The van der Waals surface area contributed by atoms with E-state index in [9.17, 15) is 4.55 Å². The smallest absolute Gasteiger partial charge is 0.136 e. The van der Waals surface area contributed by atoms with Gasteiger partial charge < -0.3 is 4.55 Å². The lowest BCUT2D eigenvalue weighted by Crippen LogP contribution is -2.41. The van der Waals surface area contributed by atoms with Crippen LogP contribution in [-0.4, -0.2) is 27.8 Å². The normalized spacial score (nSPS) is 13.0. The Morgan fingerprint density at radius 2 is 1.22 bits per heavy atom. The van der Waals surface area contributed by atoms with Gasteiger partial charge in [-0.15, -0.1) is 4.72 Å². The lowest BCUT2D eigenvalue weighted by Gasteiger charge is -2.29. The highest BCUT2D eigenvalue weighted by Crippen LogP contribution is 2.42. The summed E-state index contributed by atoms with van der Waals surface area (Å²) in [6.07, 6.45) is 1.86. The van der Waals surface area contributed by atoms with Crippen molar-refractivity contribution in [2.45, 2.75) is 42.9 Å². The summed E-state index contributed by atoms with van der Waals surface area (Å²) in [5.41, 5.74) is 4.74. The van der Waals surface area contributed by atoms with Crippen molar-refractivity contribution in [3.8, 4) is 0 Å². The van der Waals surface area contributed by atoms with Gasteiger partial charge >= 0.3 is 0 Å². The van der Waals surface area contributed by atoms with Gasteiger partial charge in [-0.3, -0.25) is 3.97 Å². The molecular formula is C39H42BN2OPS2. The number of para-hydroxylation sites is 1. The van der Waals surface area contributed by atoms with Crippen molar-refractivity contribution >= 4 is 61.2 Å². The Labute approximate surface area is 284 Å². The maximum absolute atomic E-state index is 13.8. The second-order valence-electron chi connectivity index (χ2n) is 12.0. The van der Waals surface area contributed by atoms with Crippen LogP contribution in [0, 0.1) is 0 Å². The van der Waals surface area contributed by atoms with Crippen molar-refractivity contribution in [3.63, 3.8) is 0 Å². The SMILES string of the molecule is B.CC(C)(C)[S@+]([O-])NC(c1ccccc1)c1c(CCP(c2ccccc2)c2ccccc2)n(Sc2ccccc2)c2ccccc12. The van der Waals surface area contributed by atoms with Crippen LogP contribution in [0.15, 0.2) is 150 Å². The lowest BCUT2D eigenvalue weighted by atomic mass is 9.96. The molecule has 0 aliphatic heterocycles. The molecule has 0 radical (unpaired) electrons. The van der Waals surface area contributed by atoms with Crippen molar-refractivity contribution < 1.29 is 4.55 Å². The average molecular weight is 661 g/mol. The Hall–Kier alpha value is -3.25. The zero-order valence-corrected chi connectivity index (χ0v) is 28.5. The predicted octanol–water partition coefficient (Wildman–Crippen LogP) is 7.83. The first-order valence-corrected chi connectivity index (χ1v) is 18.8. The molecular weight excluding hydrogens is 618 g/mol. The summed E-state index contributed by atoms with van der Waals surface area (Å²) in [6.45, 7) is 6.08. The van der Waals surface area contributed by atoms with E-state index in [4.69, 9.17) is 0 Å². The number of rotatable bonds is 11. The third-order valence-electron chi connectivity index (χ3n) is 7.82. The van der Waals surface area contributed by atoms with Crippen LogP contribution in [0.25, 0.3) is 10.9 Å². The zero-order chi connectivity index (χ0) is 31.2. The first-order chi connectivity index (χ1) is 21.9. The van der Waals surface area contributed by atoms with Crippen molar-refractivity contribution in [1.29, 1.82) is 0 Å². The van der Waals surface area contributed by atoms with Crippen LogP contribution < -0.4 is 15.3 Å². The second kappa shape index (κ2) is 15.6. The predicted molar refractivity (Wildman–Crippen MR) is 207 cm³/mol. The average Bonchev–Trinajstić information content (AvgIpc) is 3.37. The number of aromatic nitrogens is 1. The van der Waals surface area contributed by atoms with E-state index < -0.39 is 24.0 Å². The van der Waals surface area contributed by atoms with Crippen LogP contribution in [0.4, 0.5) is 0 Å². The van der Waals surface area contributed by atoms with E-state index in [-0.39, 0.29) is 14.5 Å². The van der Waals surface area contributed by atoms with E-state index >= 15 is 0 Å². The number of fused-ring (bicyclic) bond motifs is 1. The van der Waals surface area contributed by atoms with Gasteiger partial charge in [-0.05, 0) is 87.6 Å². The van der Waals surface area contributed by atoms with Crippen LogP contribution in [0.5, 0.6) is 0 Å². The number of nitrogens with one attached hydrogen (secondary N) is 1. The molecule has 2 atom stereocenters. The van der Waals surface area contributed by atoms with E-state index in [1.807, 2.05) is 26.8 Å². The van der Waals surface area contributed by atoms with Gasteiger partial charge in [-0.1, -0.05) is 127 Å². The second-order valence-corrected chi connectivity index (χ2v) is 17.3. The van der Waals surface area contributed by atoms with Gasteiger partial charge in [0.25, 0.3) is 0 Å². The topological polar surface area (TPSA) is 40.0 Å². The van der Waals surface area contributed by atoms with E-state index in [0.717, 1.165) is 18.1 Å². The van der Waals surface area contributed by atoms with E-state index in [1.165, 1.54) is 37.7 Å². The molecule has 7 heteroatoms. The Morgan fingerprint density at radius 3 is 1.78 bits per heavy atom. The highest BCUT2D eigenvalue weighted by atomic mass is 32.2. The minimum Gasteiger partial charge on any atom is -0.598 e. The summed E-state index contributed by atoms with van der Waals surface area (Å²) in [5.74, 6) is 0. The third kappa shape index (κ3) is 7.82. The molecule has 0 fully saturated rings. The quantitative estimate of drug-likeness (QED) is 0.0875. The van der Waals surface area contributed by atoms with Crippen molar-refractivity contribution in [2.24, 2.45) is 0 Å². The molecule has 6 rings (SSSR count). The molecule has 1 unspecified atom stereocenters. The zero-order valence-electron chi connectivity index (χ0n) is 26.0. The fourth-order valence-corrected chi connectivity index (χ4v) is 9.78. The lowest BCUT2D eigenvalue weighted by molar-refractivity contribution is 0.535. The van der Waals surface area contributed by atoms with Crippen LogP contribution in [0.3, 0.4) is 0 Å². The molecule has 234 valence electrons. The van der Waals surface area contributed by atoms with E-state index in [2.05, 4.69) is 148 Å². The molecule has 46 heavy (non-hydrogen) atoms. The van der Waals surface area contributed by atoms with Crippen LogP contribution in [-0.2, 0) is 17.8 Å². The first kappa shape index (κ1) is 34.1. The Balaban J connectivity index is 0.00000417. The molecule has 1 aromatic heterocycles. The molecule has 1 heterocycles. The number of hydrogen-bond donors (Lipinski definition) is 1.